The quantitative estimate of drug-likeness (QED) is 0.373. The summed E-state index contributed by atoms with van der Waals surface area (Å²) in [5.74, 6) is 1.60. The van der Waals surface area contributed by atoms with E-state index in [0.717, 1.165) is 74.2 Å². The monoisotopic (exact) mass is 524 g/mol. The number of halogens is 3. The van der Waals surface area contributed by atoms with E-state index in [4.69, 9.17) is 4.98 Å². The average molecular weight is 525 g/mol. The van der Waals surface area contributed by atoms with Crippen LogP contribution in [0.4, 0.5) is 19.0 Å². The second-order valence-corrected chi connectivity index (χ2v) is 10.9. The van der Waals surface area contributed by atoms with Gasteiger partial charge in [-0.15, -0.1) is 0 Å². The molecule has 0 saturated heterocycles. The van der Waals surface area contributed by atoms with Crippen LogP contribution in [0, 0.1) is 12.8 Å². The lowest BCUT2D eigenvalue weighted by Gasteiger charge is -2.39. The van der Waals surface area contributed by atoms with Crippen molar-refractivity contribution in [3.05, 3.63) is 71.2 Å². The first kappa shape index (κ1) is 26.3. The molecule has 3 atom stereocenters. The Kier molecular flexibility index (Phi) is 7.25. The maximum atomic E-state index is 13.1. The molecule has 1 aliphatic heterocycles. The van der Waals surface area contributed by atoms with Crippen LogP contribution >= 0.6 is 0 Å². The number of aryl methyl sites for hydroxylation is 2. The number of carbonyl (C=O) groups is 1. The molecule has 0 radical (unpaired) electrons. The van der Waals surface area contributed by atoms with Gasteiger partial charge < -0.3 is 5.32 Å². The number of rotatable bonds is 5. The van der Waals surface area contributed by atoms with Gasteiger partial charge in [-0.3, -0.25) is 4.79 Å². The molecular formula is C30H35F3N4O. The summed E-state index contributed by atoms with van der Waals surface area (Å²) >= 11 is 0. The molecule has 2 unspecified atom stereocenters. The van der Waals surface area contributed by atoms with Crippen molar-refractivity contribution >= 4 is 11.6 Å². The van der Waals surface area contributed by atoms with Crippen molar-refractivity contribution in [1.82, 2.24) is 15.0 Å². The summed E-state index contributed by atoms with van der Waals surface area (Å²) in [6, 6.07) is 8.95. The number of anilines is 1. The highest BCUT2D eigenvalue weighted by atomic mass is 19.4. The Morgan fingerprint density at radius 2 is 1.87 bits per heavy atom. The van der Waals surface area contributed by atoms with Crippen molar-refractivity contribution in [3.8, 4) is 11.4 Å². The van der Waals surface area contributed by atoms with Crippen LogP contribution in [0.3, 0.4) is 0 Å². The van der Waals surface area contributed by atoms with Crippen LogP contribution in [-0.2, 0) is 17.4 Å². The standard InChI is InChI=1S/C30H33F3N4O.H2/c1-19(22-6-8-24(9-7-22)30(31,32)33)26(38)17-21-5-3-12-29(13-10-21)14-11-23-18-25(20(2)36-27(23)37-29)28-34-15-4-16-35-28;/h4,6-9,15-16,18-19,21H,3,5,10-14,17H2,1-2H3,(H,36,37);1H/t19?,21?,29-;/m1./s1. The van der Waals surface area contributed by atoms with Crippen LogP contribution in [0.15, 0.2) is 48.8 Å². The van der Waals surface area contributed by atoms with E-state index in [0.29, 0.717) is 17.8 Å². The van der Waals surface area contributed by atoms with E-state index in [1.807, 2.05) is 6.92 Å². The first-order valence-electron chi connectivity index (χ1n) is 13.4. The van der Waals surface area contributed by atoms with Gasteiger partial charge in [-0.25, -0.2) is 15.0 Å². The largest absolute Gasteiger partial charge is 0.416 e. The van der Waals surface area contributed by atoms with E-state index < -0.39 is 17.7 Å². The molecular weight excluding hydrogens is 489 g/mol. The first-order valence-corrected chi connectivity index (χ1v) is 13.4. The van der Waals surface area contributed by atoms with Gasteiger partial charge in [0.2, 0.25) is 0 Å². The van der Waals surface area contributed by atoms with Crippen molar-refractivity contribution in [2.24, 2.45) is 5.92 Å². The van der Waals surface area contributed by atoms with Crippen molar-refractivity contribution in [1.29, 1.82) is 0 Å². The Hall–Kier alpha value is -3.29. The Bertz CT molecular complexity index is 1300. The smallest absolute Gasteiger partial charge is 0.364 e. The summed E-state index contributed by atoms with van der Waals surface area (Å²) in [5.41, 5.74) is 2.97. The molecule has 5 nitrogen and oxygen atoms in total. The molecule has 8 heteroatoms. The molecule has 5 rings (SSSR count). The van der Waals surface area contributed by atoms with E-state index in [-0.39, 0.29) is 18.7 Å². The van der Waals surface area contributed by atoms with Gasteiger partial charge >= 0.3 is 6.18 Å². The summed E-state index contributed by atoms with van der Waals surface area (Å²) in [5, 5.41) is 3.78. The van der Waals surface area contributed by atoms with Crippen molar-refractivity contribution in [2.75, 3.05) is 5.32 Å². The number of alkyl halides is 3. The van der Waals surface area contributed by atoms with E-state index in [9.17, 15) is 18.0 Å². The average Bonchev–Trinajstić information content (AvgIpc) is 3.09. The molecule has 2 aliphatic rings. The van der Waals surface area contributed by atoms with Crippen LogP contribution in [-0.4, -0.2) is 26.3 Å². The molecule has 1 spiro atoms. The predicted molar refractivity (Wildman–Crippen MR) is 143 cm³/mol. The van der Waals surface area contributed by atoms with Crippen molar-refractivity contribution in [3.63, 3.8) is 0 Å². The molecule has 1 aliphatic carbocycles. The lowest BCUT2D eigenvalue weighted by molar-refractivity contribution is -0.137. The number of fused-ring (bicyclic) bond motifs is 1. The number of hydrogen-bond donors (Lipinski definition) is 1. The summed E-state index contributed by atoms with van der Waals surface area (Å²) in [4.78, 5) is 26.7. The van der Waals surface area contributed by atoms with Crippen LogP contribution in [0.2, 0.25) is 0 Å². The number of Topliss-reactive ketones (excluding diaryl/α,β-unsaturated/α-hetero) is 1. The maximum absolute atomic E-state index is 13.1. The molecule has 1 fully saturated rings. The molecule has 0 amide bonds. The number of benzene rings is 1. The third-order valence-corrected chi connectivity index (χ3v) is 8.36. The van der Waals surface area contributed by atoms with Crippen molar-refractivity contribution < 1.29 is 19.4 Å². The Balaban J connectivity index is 0.00000353. The number of carbonyl (C=O) groups excluding carboxylic acids is 1. The van der Waals surface area contributed by atoms with Crippen LogP contribution in [0.5, 0.6) is 0 Å². The molecule has 1 saturated carbocycles. The molecule has 3 aromatic rings. The van der Waals surface area contributed by atoms with Gasteiger partial charge in [0.05, 0.1) is 11.3 Å². The highest BCUT2D eigenvalue weighted by Crippen LogP contribution is 2.42. The third-order valence-electron chi connectivity index (χ3n) is 8.36. The molecule has 0 bridgehead atoms. The molecule has 202 valence electrons. The van der Waals surface area contributed by atoms with Gasteiger partial charge in [0.1, 0.15) is 11.6 Å². The topological polar surface area (TPSA) is 67.8 Å². The normalized spacial score (nSPS) is 22.3. The van der Waals surface area contributed by atoms with Gasteiger partial charge in [-0.05, 0) is 86.8 Å². The molecule has 1 aromatic carbocycles. The SMILES string of the molecule is Cc1nc2c(cc1-c1ncccn1)CC[C@]1(CCCC(CC(=O)C(C)c3ccc(C(F)(F)F)cc3)CC1)N2.[HH]. The van der Waals surface area contributed by atoms with E-state index in [1.54, 1.807) is 25.4 Å². The Morgan fingerprint density at radius 3 is 2.58 bits per heavy atom. The van der Waals surface area contributed by atoms with E-state index >= 15 is 0 Å². The van der Waals surface area contributed by atoms with Gasteiger partial charge in [-0.1, -0.05) is 25.5 Å². The Morgan fingerprint density at radius 1 is 1.13 bits per heavy atom. The van der Waals surface area contributed by atoms with Crippen LogP contribution in [0.1, 0.15) is 81.6 Å². The van der Waals surface area contributed by atoms with Crippen LogP contribution in [0.25, 0.3) is 11.4 Å². The number of nitrogens with one attached hydrogen (secondary N) is 1. The highest BCUT2D eigenvalue weighted by Gasteiger charge is 2.37. The Labute approximate surface area is 222 Å². The number of ketones is 1. The fourth-order valence-electron chi connectivity index (χ4n) is 5.96. The summed E-state index contributed by atoms with van der Waals surface area (Å²) < 4.78 is 38.7. The number of pyridine rings is 1. The second-order valence-electron chi connectivity index (χ2n) is 10.9. The second kappa shape index (κ2) is 10.5. The van der Waals surface area contributed by atoms with E-state index in [1.165, 1.54) is 17.7 Å². The fraction of sp³-hybridized carbons (Fsp3) is 0.467. The van der Waals surface area contributed by atoms with Crippen molar-refractivity contribution in [2.45, 2.75) is 82.8 Å². The zero-order chi connectivity index (χ0) is 26.9. The molecule has 38 heavy (non-hydrogen) atoms. The minimum absolute atomic E-state index is 0. The molecule has 3 heterocycles. The van der Waals surface area contributed by atoms with Gasteiger partial charge in [0.15, 0.2) is 5.82 Å². The minimum Gasteiger partial charge on any atom is -0.364 e. The van der Waals surface area contributed by atoms with Gasteiger partial charge in [0.25, 0.3) is 0 Å². The summed E-state index contributed by atoms with van der Waals surface area (Å²) in [7, 11) is 0. The minimum atomic E-state index is -4.37. The number of hydrogen-bond acceptors (Lipinski definition) is 5. The number of aromatic nitrogens is 3. The zero-order valence-corrected chi connectivity index (χ0v) is 21.8. The number of nitrogens with zero attached hydrogens (tertiary/aromatic N) is 3. The van der Waals surface area contributed by atoms with Gasteiger partial charge in [-0.2, -0.15) is 13.2 Å². The fourth-order valence-corrected chi connectivity index (χ4v) is 5.96. The first-order chi connectivity index (χ1) is 18.1. The summed E-state index contributed by atoms with van der Waals surface area (Å²) in [6.07, 6.45) is 6.50. The lowest BCUT2D eigenvalue weighted by Crippen LogP contribution is -2.42. The predicted octanol–water partition coefficient (Wildman–Crippen LogP) is 7.55. The summed E-state index contributed by atoms with van der Waals surface area (Å²) in [6.45, 7) is 3.78. The third kappa shape index (κ3) is 5.59. The molecule has 2 aromatic heterocycles. The highest BCUT2D eigenvalue weighted by molar-refractivity contribution is 5.85. The zero-order valence-electron chi connectivity index (χ0n) is 21.8. The van der Waals surface area contributed by atoms with Crippen LogP contribution < -0.4 is 5.32 Å². The molecule has 1 N–H and O–H groups in total. The lowest BCUT2D eigenvalue weighted by atomic mass is 9.80. The van der Waals surface area contributed by atoms with Gasteiger partial charge in [0, 0.05) is 37.3 Å². The maximum Gasteiger partial charge on any atom is 0.416 e. The van der Waals surface area contributed by atoms with E-state index in [2.05, 4.69) is 21.4 Å².